The van der Waals surface area contributed by atoms with Crippen molar-refractivity contribution in [3.05, 3.63) is 23.9 Å². The minimum atomic E-state index is 0.120. The van der Waals surface area contributed by atoms with E-state index in [1.54, 1.807) is 6.20 Å². The average Bonchev–Trinajstić information content (AvgIpc) is 3.47. The molecule has 2 N–H and O–H groups in total. The zero-order chi connectivity index (χ0) is 23.0. The van der Waals surface area contributed by atoms with Crippen molar-refractivity contribution in [2.24, 2.45) is 39.9 Å². The summed E-state index contributed by atoms with van der Waals surface area (Å²) in [6.07, 6.45) is 12.9. The van der Waals surface area contributed by atoms with E-state index >= 15 is 0 Å². The van der Waals surface area contributed by atoms with Crippen LogP contribution in [0.5, 0.6) is 0 Å². The molecular weight excluding hydrogens is 410 g/mol. The van der Waals surface area contributed by atoms with Gasteiger partial charge in [0.1, 0.15) is 5.82 Å². The molecule has 5 fully saturated rings. The third kappa shape index (κ3) is 3.20. The fraction of sp³-hybridized carbons (Fsp3) is 0.750. The molecule has 6 rings (SSSR count). The molecule has 1 saturated heterocycles. The molecule has 5 nitrogen and oxygen atoms in total. The van der Waals surface area contributed by atoms with Crippen LogP contribution in [0, 0.1) is 46.8 Å². The molecule has 1 aromatic heterocycles. The zero-order valence-electron chi connectivity index (χ0n) is 20.5. The number of fused-ring (bicyclic) bond motifs is 6. The maximum atomic E-state index is 13.0. The Kier molecular flexibility index (Phi) is 4.78. The van der Waals surface area contributed by atoms with Crippen LogP contribution < -0.4 is 10.6 Å². The number of hydrogen-bond acceptors (Lipinski definition) is 3. The molecule has 0 bridgehead atoms. The number of anilines is 1. The molecule has 3 unspecified atom stereocenters. The number of pyridine rings is 1. The number of piperidine rings is 1. The van der Waals surface area contributed by atoms with Crippen molar-refractivity contribution in [3.63, 3.8) is 0 Å². The van der Waals surface area contributed by atoms with Crippen molar-refractivity contribution in [1.82, 2.24) is 10.3 Å². The summed E-state index contributed by atoms with van der Waals surface area (Å²) in [6, 6.07) is 4.29. The molecule has 2 heterocycles. The van der Waals surface area contributed by atoms with Gasteiger partial charge in [-0.3, -0.25) is 9.59 Å². The van der Waals surface area contributed by atoms with Crippen molar-refractivity contribution in [2.75, 3.05) is 5.32 Å². The monoisotopic (exact) mass is 449 g/mol. The van der Waals surface area contributed by atoms with E-state index in [0.717, 1.165) is 29.7 Å². The quantitative estimate of drug-likeness (QED) is 0.662. The van der Waals surface area contributed by atoms with Crippen LogP contribution in [0.25, 0.3) is 0 Å². The molecule has 1 spiro atoms. The summed E-state index contributed by atoms with van der Waals surface area (Å²) in [6.45, 7) is 7.00. The summed E-state index contributed by atoms with van der Waals surface area (Å²) < 4.78 is 0. The van der Waals surface area contributed by atoms with Gasteiger partial charge in [0.2, 0.25) is 11.8 Å². The lowest BCUT2D eigenvalue weighted by molar-refractivity contribution is -0.147. The summed E-state index contributed by atoms with van der Waals surface area (Å²) in [5.41, 5.74) is 1.88. The van der Waals surface area contributed by atoms with Gasteiger partial charge in [-0.25, -0.2) is 4.98 Å². The van der Waals surface area contributed by atoms with Gasteiger partial charge in [0.05, 0.1) is 0 Å². The molecule has 1 aromatic rings. The predicted octanol–water partition coefficient (Wildman–Crippen LogP) is 5.25. The summed E-state index contributed by atoms with van der Waals surface area (Å²) in [5.74, 6) is 3.75. The lowest BCUT2D eigenvalue weighted by Crippen LogP contribution is -2.65. The van der Waals surface area contributed by atoms with Gasteiger partial charge in [0, 0.05) is 25.1 Å². The lowest BCUT2D eigenvalue weighted by atomic mass is 9.44. The average molecular weight is 450 g/mol. The molecule has 7 atom stereocenters. The first-order valence-electron chi connectivity index (χ1n) is 13.3. The number of nitrogens with zero attached hydrogens (tertiary/aromatic N) is 1. The maximum Gasteiger partial charge on any atom is 0.225 e. The van der Waals surface area contributed by atoms with Crippen LogP contribution in [0.1, 0.15) is 83.6 Å². The Morgan fingerprint density at radius 3 is 2.67 bits per heavy atom. The fourth-order valence-electron chi connectivity index (χ4n) is 9.28. The molecule has 5 aliphatic rings. The topological polar surface area (TPSA) is 71.1 Å². The molecule has 2 amide bonds. The molecule has 33 heavy (non-hydrogen) atoms. The number of carbonyl (C=O) groups is 2. The second-order valence-corrected chi connectivity index (χ2v) is 12.7. The van der Waals surface area contributed by atoms with Crippen LogP contribution in [0.2, 0.25) is 0 Å². The molecule has 0 radical (unpaired) electrons. The number of hydrogen-bond donors (Lipinski definition) is 2. The van der Waals surface area contributed by atoms with Gasteiger partial charge in [0.25, 0.3) is 0 Å². The van der Waals surface area contributed by atoms with Gasteiger partial charge in [-0.1, -0.05) is 19.9 Å². The number of nitrogens with one attached hydrogen (secondary N) is 2. The number of carbonyl (C=O) groups excluding carboxylic acids is 2. The summed E-state index contributed by atoms with van der Waals surface area (Å²) in [7, 11) is 0. The first-order valence-corrected chi connectivity index (χ1v) is 13.3. The van der Waals surface area contributed by atoms with Crippen LogP contribution in [-0.4, -0.2) is 22.8 Å². The van der Waals surface area contributed by atoms with Gasteiger partial charge in [-0.05, 0) is 110 Å². The van der Waals surface area contributed by atoms with Crippen LogP contribution in [0.3, 0.4) is 0 Å². The van der Waals surface area contributed by atoms with E-state index in [1.807, 2.05) is 19.1 Å². The van der Waals surface area contributed by atoms with Crippen LogP contribution in [0.4, 0.5) is 5.82 Å². The first-order chi connectivity index (χ1) is 15.8. The van der Waals surface area contributed by atoms with E-state index in [9.17, 15) is 9.59 Å². The van der Waals surface area contributed by atoms with Crippen molar-refractivity contribution < 1.29 is 9.59 Å². The number of aromatic nitrogens is 1. The minimum absolute atomic E-state index is 0.120. The zero-order valence-corrected chi connectivity index (χ0v) is 20.5. The highest BCUT2D eigenvalue weighted by Gasteiger charge is 2.68. The smallest absolute Gasteiger partial charge is 0.225 e. The van der Waals surface area contributed by atoms with Crippen molar-refractivity contribution in [3.8, 4) is 0 Å². The highest BCUT2D eigenvalue weighted by Crippen LogP contribution is 2.72. The molecule has 4 saturated carbocycles. The fourth-order valence-corrected chi connectivity index (χ4v) is 9.28. The molecule has 5 heteroatoms. The Bertz CT molecular complexity index is 987. The van der Waals surface area contributed by atoms with Gasteiger partial charge in [-0.2, -0.15) is 0 Å². The minimum Gasteiger partial charge on any atom is -0.352 e. The van der Waals surface area contributed by atoms with E-state index < -0.39 is 0 Å². The van der Waals surface area contributed by atoms with Gasteiger partial charge >= 0.3 is 0 Å². The van der Waals surface area contributed by atoms with E-state index in [0.29, 0.717) is 36.0 Å². The third-order valence-corrected chi connectivity index (χ3v) is 11.2. The van der Waals surface area contributed by atoms with Crippen LogP contribution >= 0.6 is 0 Å². The summed E-state index contributed by atoms with van der Waals surface area (Å²) >= 11 is 0. The number of rotatable bonds is 3. The molecular formula is C28H39N3O2. The van der Waals surface area contributed by atoms with E-state index in [2.05, 4.69) is 29.5 Å². The lowest BCUT2D eigenvalue weighted by Gasteiger charge is -2.63. The standard InChI is InChI=1S/C28H39N3O2/c1-17-5-4-14-29-24(17)30-23(33)15-18-6-7-20-19-16-28(12-13-28)25-27(3,11-9-22(32)31-25)21(19)8-10-26(18,20)2/h4-5,14,18-21,25H,6-13,15-16H2,1-3H3,(H,31,32)(H,29,30,33)/t18-,19?,20+,21?,25?,26-,27-/m1/s1. The highest BCUT2D eigenvalue weighted by molar-refractivity contribution is 5.90. The Morgan fingerprint density at radius 1 is 1.12 bits per heavy atom. The molecule has 0 aromatic carbocycles. The van der Waals surface area contributed by atoms with E-state index in [-0.39, 0.29) is 22.6 Å². The van der Waals surface area contributed by atoms with Crippen molar-refractivity contribution >= 4 is 17.6 Å². The Morgan fingerprint density at radius 2 is 1.91 bits per heavy atom. The Hall–Kier alpha value is -1.91. The van der Waals surface area contributed by atoms with Crippen LogP contribution in [-0.2, 0) is 9.59 Å². The predicted molar refractivity (Wildman–Crippen MR) is 128 cm³/mol. The first kappa shape index (κ1) is 21.6. The van der Waals surface area contributed by atoms with Gasteiger partial charge in [-0.15, -0.1) is 0 Å². The van der Waals surface area contributed by atoms with E-state index in [4.69, 9.17) is 0 Å². The maximum absolute atomic E-state index is 13.0. The molecule has 1 aliphatic heterocycles. The summed E-state index contributed by atoms with van der Waals surface area (Å²) in [4.78, 5) is 29.7. The SMILES string of the molecule is Cc1cccnc1NC(=O)C[C@H]1CC[C@H]2C3CC4(CC4)C4NC(=O)CC[C@]4(C)C3CC[C@]12C. The molecule has 178 valence electrons. The third-order valence-electron chi connectivity index (χ3n) is 11.2. The normalized spacial score (nSPS) is 42.6. The highest BCUT2D eigenvalue weighted by atomic mass is 16.2. The number of aryl methyl sites for hydroxylation is 1. The second kappa shape index (κ2) is 7.29. The van der Waals surface area contributed by atoms with E-state index in [1.165, 1.54) is 44.9 Å². The van der Waals surface area contributed by atoms with Crippen LogP contribution in [0.15, 0.2) is 18.3 Å². The summed E-state index contributed by atoms with van der Waals surface area (Å²) in [5, 5.41) is 6.56. The van der Waals surface area contributed by atoms with Crippen molar-refractivity contribution in [2.45, 2.75) is 91.0 Å². The largest absolute Gasteiger partial charge is 0.352 e. The second-order valence-electron chi connectivity index (χ2n) is 12.7. The van der Waals surface area contributed by atoms with Crippen molar-refractivity contribution in [1.29, 1.82) is 0 Å². The Labute approximate surface area is 197 Å². The number of amides is 2. The van der Waals surface area contributed by atoms with Gasteiger partial charge < -0.3 is 10.6 Å². The van der Waals surface area contributed by atoms with Gasteiger partial charge in [0.15, 0.2) is 0 Å². The Balaban J connectivity index is 1.21. The molecule has 4 aliphatic carbocycles.